The Kier molecular flexibility index (Phi) is 5.36. The van der Waals surface area contributed by atoms with Crippen LogP contribution in [0.3, 0.4) is 0 Å². The van der Waals surface area contributed by atoms with Crippen molar-refractivity contribution in [1.82, 2.24) is 4.98 Å². The molecule has 0 aliphatic carbocycles. The number of aromatic nitrogens is 1. The van der Waals surface area contributed by atoms with E-state index >= 15 is 4.39 Å². The van der Waals surface area contributed by atoms with E-state index in [0.717, 1.165) is 5.56 Å². The van der Waals surface area contributed by atoms with Crippen molar-refractivity contribution < 1.29 is 18.7 Å². The maximum absolute atomic E-state index is 15.4. The first kappa shape index (κ1) is 19.2. The summed E-state index contributed by atoms with van der Waals surface area (Å²) in [5.41, 5.74) is 2.35. The van der Waals surface area contributed by atoms with E-state index in [9.17, 15) is 4.79 Å². The van der Waals surface area contributed by atoms with E-state index < -0.39 is 6.09 Å². The minimum absolute atomic E-state index is 0.348. The number of rotatable bonds is 5. The molecule has 2 heterocycles. The fourth-order valence-electron chi connectivity index (χ4n) is 3.32. The van der Waals surface area contributed by atoms with Gasteiger partial charge in [0.1, 0.15) is 24.0 Å². The van der Waals surface area contributed by atoms with Crippen LogP contribution < -0.4 is 9.64 Å². The van der Waals surface area contributed by atoms with Crippen molar-refractivity contribution in [3.8, 4) is 16.9 Å². The minimum Gasteiger partial charge on any atom is -0.496 e. The van der Waals surface area contributed by atoms with E-state index in [1.165, 1.54) is 12.0 Å². The van der Waals surface area contributed by atoms with Crippen molar-refractivity contribution in [3.05, 3.63) is 76.7 Å². The van der Waals surface area contributed by atoms with Gasteiger partial charge in [-0.1, -0.05) is 35.9 Å². The number of ether oxygens (including phenoxy) is 2. The molecule has 1 amide bonds. The molecule has 0 N–H and O–H groups in total. The summed E-state index contributed by atoms with van der Waals surface area (Å²) in [6.07, 6.45) is 1.59. The van der Waals surface area contributed by atoms with E-state index in [2.05, 4.69) is 4.98 Å². The third kappa shape index (κ3) is 3.89. The topological polar surface area (TPSA) is 51.7 Å². The zero-order valence-corrected chi connectivity index (χ0v) is 16.4. The summed E-state index contributed by atoms with van der Waals surface area (Å²) in [5, 5.41) is 0.523. The van der Waals surface area contributed by atoms with E-state index in [4.69, 9.17) is 21.1 Å². The molecule has 1 aliphatic rings. The van der Waals surface area contributed by atoms with E-state index in [0.29, 0.717) is 52.9 Å². The Morgan fingerprint density at radius 2 is 2.10 bits per heavy atom. The van der Waals surface area contributed by atoms with Crippen LogP contribution in [-0.2, 0) is 11.2 Å². The standard InChI is InChI=1S/C22H18ClFN2O3/c1-28-18-7-6-16(21(24)20(18)15-3-2-4-17(23)12-15)11-14-5-8-19(25-13-14)26-9-10-29-22(26)27/h2-8,12-13H,9-11H2,1H3. The lowest BCUT2D eigenvalue weighted by Crippen LogP contribution is -2.24. The van der Waals surface area contributed by atoms with Gasteiger partial charge in [0.2, 0.25) is 0 Å². The molecule has 0 unspecified atom stereocenters. The molecule has 0 saturated carbocycles. The molecule has 4 rings (SSSR count). The van der Waals surface area contributed by atoms with Gasteiger partial charge in [-0.25, -0.2) is 14.2 Å². The van der Waals surface area contributed by atoms with Gasteiger partial charge in [0.15, 0.2) is 0 Å². The number of methoxy groups -OCH3 is 1. The number of pyridine rings is 1. The third-order valence-corrected chi connectivity index (χ3v) is 4.99. The number of amides is 1. The van der Waals surface area contributed by atoms with E-state index in [1.54, 1.807) is 48.7 Å². The summed E-state index contributed by atoms with van der Waals surface area (Å²) in [6, 6.07) is 14.0. The lowest BCUT2D eigenvalue weighted by atomic mass is 9.97. The summed E-state index contributed by atoms with van der Waals surface area (Å²) in [4.78, 5) is 17.4. The van der Waals surface area contributed by atoms with Gasteiger partial charge in [-0.2, -0.15) is 0 Å². The monoisotopic (exact) mass is 412 g/mol. The Morgan fingerprint density at radius 3 is 2.76 bits per heavy atom. The van der Waals surface area contributed by atoms with Gasteiger partial charge in [-0.15, -0.1) is 0 Å². The lowest BCUT2D eigenvalue weighted by Gasteiger charge is -2.14. The van der Waals surface area contributed by atoms with Crippen LogP contribution in [0.4, 0.5) is 15.0 Å². The van der Waals surface area contributed by atoms with Crippen LogP contribution >= 0.6 is 11.6 Å². The molecule has 3 aromatic rings. The highest BCUT2D eigenvalue weighted by molar-refractivity contribution is 6.30. The van der Waals surface area contributed by atoms with Gasteiger partial charge in [-0.05, 0) is 41.0 Å². The molecule has 7 heteroatoms. The number of carbonyl (C=O) groups is 1. The Hall–Kier alpha value is -3.12. The lowest BCUT2D eigenvalue weighted by molar-refractivity contribution is 0.181. The number of hydrogen-bond donors (Lipinski definition) is 0. The van der Waals surface area contributed by atoms with Gasteiger partial charge in [-0.3, -0.25) is 4.90 Å². The normalized spacial score (nSPS) is 13.5. The van der Waals surface area contributed by atoms with Crippen molar-refractivity contribution in [2.45, 2.75) is 6.42 Å². The fraction of sp³-hybridized carbons (Fsp3) is 0.182. The third-order valence-electron chi connectivity index (χ3n) is 4.76. The average Bonchev–Trinajstić information content (AvgIpc) is 3.15. The first-order chi connectivity index (χ1) is 14.1. The maximum atomic E-state index is 15.4. The molecule has 1 fully saturated rings. The molecule has 0 spiro atoms. The Labute approximate surface area is 172 Å². The average molecular weight is 413 g/mol. The maximum Gasteiger partial charge on any atom is 0.415 e. The van der Waals surface area contributed by atoms with Crippen molar-refractivity contribution in [1.29, 1.82) is 0 Å². The van der Waals surface area contributed by atoms with E-state index in [-0.39, 0.29) is 5.82 Å². The molecule has 29 heavy (non-hydrogen) atoms. The Balaban J connectivity index is 1.64. The molecule has 1 aromatic heterocycles. The predicted octanol–water partition coefficient (Wildman–Crippen LogP) is 5.10. The van der Waals surface area contributed by atoms with Crippen molar-refractivity contribution in [2.24, 2.45) is 0 Å². The van der Waals surface area contributed by atoms with Crippen LogP contribution in [0.5, 0.6) is 5.75 Å². The molecule has 1 aliphatic heterocycles. The highest BCUT2D eigenvalue weighted by Gasteiger charge is 2.24. The van der Waals surface area contributed by atoms with Gasteiger partial charge >= 0.3 is 6.09 Å². The van der Waals surface area contributed by atoms with Crippen LogP contribution in [0.2, 0.25) is 5.02 Å². The molecule has 2 aromatic carbocycles. The summed E-state index contributed by atoms with van der Waals surface area (Å²) < 4.78 is 25.7. The smallest absolute Gasteiger partial charge is 0.415 e. The molecule has 1 saturated heterocycles. The second-order valence-corrected chi connectivity index (χ2v) is 7.03. The molecule has 148 valence electrons. The second-order valence-electron chi connectivity index (χ2n) is 6.59. The van der Waals surface area contributed by atoms with Gasteiger partial charge in [0.25, 0.3) is 0 Å². The van der Waals surface area contributed by atoms with Gasteiger partial charge in [0, 0.05) is 17.6 Å². The zero-order chi connectivity index (χ0) is 20.4. The largest absolute Gasteiger partial charge is 0.496 e. The number of hydrogen-bond acceptors (Lipinski definition) is 4. The molecule has 0 atom stereocenters. The molecule has 5 nitrogen and oxygen atoms in total. The summed E-state index contributed by atoms with van der Waals surface area (Å²) >= 11 is 6.08. The highest BCUT2D eigenvalue weighted by Crippen LogP contribution is 2.36. The van der Waals surface area contributed by atoms with Crippen LogP contribution in [0.15, 0.2) is 54.7 Å². The summed E-state index contributed by atoms with van der Waals surface area (Å²) in [6.45, 7) is 0.826. The second kappa shape index (κ2) is 8.09. The Bertz CT molecular complexity index is 1060. The first-order valence-electron chi connectivity index (χ1n) is 9.07. The van der Waals surface area contributed by atoms with Crippen LogP contribution in [0.25, 0.3) is 11.1 Å². The quantitative estimate of drug-likeness (QED) is 0.585. The summed E-state index contributed by atoms with van der Waals surface area (Å²) in [5.74, 6) is 0.597. The van der Waals surface area contributed by atoms with Crippen LogP contribution in [0, 0.1) is 5.82 Å². The van der Waals surface area contributed by atoms with Gasteiger partial charge < -0.3 is 9.47 Å². The SMILES string of the molecule is COc1ccc(Cc2ccc(N3CCOC3=O)nc2)c(F)c1-c1cccc(Cl)c1. The first-order valence-corrected chi connectivity index (χ1v) is 9.45. The molecular weight excluding hydrogens is 395 g/mol. The number of cyclic esters (lactones) is 1. The highest BCUT2D eigenvalue weighted by atomic mass is 35.5. The van der Waals surface area contributed by atoms with Crippen molar-refractivity contribution in [2.75, 3.05) is 25.2 Å². The number of carbonyl (C=O) groups excluding carboxylic acids is 1. The Morgan fingerprint density at radius 1 is 1.24 bits per heavy atom. The predicted molar refractivity (Wildman–Crippen MR) is 109 cm³/mol. The van der Waals surface area contributed by atoms with Crippen molar-refractivity contribution in [3.63, 3.8) is 0 Å². The molecular formula is C22H18ClFN2O3. The van der Waals surface area contributed by atoms with Crippen LogP contribution in [0.1, 0.15) is 11.1 Å². The van der Waals surface area contributed by atoms with E-state index in [1.807, 2.05) is 6.07 Å². The fourth-order valence-corrected chi connectivity index (χ4v) is 3.51. The number of halogens is 2. The number of benzene rings is 2. The summed E-state index contributed by atoms with van der Waals surface area (Å²) in [7, 11) is 1.51. The van der Waals surface area contributed by atoms with Crippen molar-refractivity contribution >= 4 is 23.5 Å². The zero-order valence-electron chi connectivity index (χ0n) is 15.7. The number of nitrogens with zero attached hydrogens (tertiary/aromatic N) is 2. The van der Waals surface area contributed by atoms with Crippen LogP contribution in [-0.4, -0.2) is 31.3 Å². The number of anilines is 1. The molecule has 0 radical (unpaired) electrons. The minimum atomic E-state index is -0.405. The van der Waals surface area contributed by atoms with Gasteiger partial charge in [0.05, 0.1) is 19.2 Å². The molecule has 0 bridgehead atoms.